The zero-order valence-corrected chi connectivity index (χ0v) is 18.6. The number of fused-ring (bicyclic) bond motifs is 1. The van der Waals surface area contributed by atoms with E-state index in [0.717, 1.165) is 13.1 Å². The van der Waals surface area contributed by atoms with Crippen molar-refractivity contribution >= 4 is 17.8 Å². The fourth-order valence-electron chi connectivity index (χ4n) is 4.05. The molecule has 0 fully saturated rings. The molecule has 0 aliphatic carbocycles. The lowest BCUT2D eigenvalue weighted by atomic mass is 9.81. The summed E-state index contributed by atoms with van der Waals surface area (Å²) in [5, 5.41) is 7.42. The first kappa shape index (κ1) is 23.9. The average Bonchev–Trinajstić information content (AvgIpc) is 3.11. The van der Waals surface area contributed by atoms with Gasteiger partial charge in [-0.25, -0.2) is 18.2 Å². The number of nitrogens with zero attached hydrogens (tertiary/aromatic N) is 5. The Morgan fingerprint density at radius 2 is 1.77 bits per heavy atom. The molecule has 0 radical (unpaired) electrons. The summed E-state index contributed by atoms with van der Waals surface area (Å²) in [6, 6.07) is 12.2. The van der Waals surface area contributed by atoms with E-state index in [2.05, 4.69) is 20.0 Å². The number of hydrogen-bond donors (Lipinski definition) is 2. The molecule has 0 saturated heterocycles. The van der Waals surface area contributed by atoms with Crippen LogP contribution in [0.5, 0.6) is 0 Å². The molecule has 0 bridgehead atoms. The third-order valence-corrected chi connectivity index (χ3v) is 5.40. The fourth-order valence-corrected chi connectivity index (χ4v) is 4.05. The Kier molecular flexibility index (Phi) is 6.25. The molecule has 1 aromatic carbocycles. The number of aliphatic imine (C=N–C) groups is 2. The van der Waals surface area contributed by atoms with Gasteiger partial charge in [0.1, 0.15) is 18.2 Å². The molecule has 3 aromatic rings. The molecule has 2 aliphatic heterocycles. The van der Waals surface area contributed by atoms with Crippen molar-refractivity contribution in [2.24, 2.45) is 15.7 Å². The number of guanidine groups is 1. The predicted molar refractivity (Wildman–Crippen MR) is 124 cm³/mol. The number of rotatable bonds is 3. The molecule has 8 nitrogen and oxygen atoms in total. The van der Waals surface area contributed by atoms with Gasteiger partial charge in [0.2, 0.25) is 0 Å². The van der Waals surface area contributed by atoms with Crippen LogP contribution in [0.1, 0.15) is 18.1 Å². The van der Waals surface area contributed by atoms with Crippen LogP contribution in [0.25, 0.3) is 11.1 Å². The minimum Gasteiger partial charge on any atom is -0.481 e. The Labute approximate surface area is 198 Å². The molecule has 0 spiro atoms. The van der Waals surface area contributed by atoms with Crippen molar-refractivity contribution in [1.82, 2.24) is 14.9 Å². The van der Waals surface area contributed by atoms with Crippen molar-refractivity contribution in [2.75, 3.05) is 13.1 Å². The summed E-state index contributed by atoms with van der Waals surface area (Å²) in [4.78, 5) is 27.1. The number of aromatic nitrogens is 2. The van der Waals surface area contributed by atoms with Crippen molar-refractivity contribution in [2.45, 2.75) is 18.4 Å². The van der Waals surface area contributed by atoms with Crippen molar-refractivity contribution in [3.8, 4) is 11.1 Å². The molecule has 2 aromatic heterocycles. The van der Waals surface area contributed by atoms with E-state index in [-0.39, 0.29) is 5.96 Å². The Hall–Kier alpha value is -4.28. The molecule has 0 amide bonds. The third kappa shape index (κ3) is 4.70. The highest BCUT2D eigenvalue weighted by molar-refractivity contribution is 6.12. The number of carboxylic acid groups (broad SMARTS) is 1. The SMILES string of the molecule is CC(=O)O.NC1=NC(c2ccncc2)(c2cccc(-c3cncc(F)c3)c2)C2=NCC(F)(F)CN12. The summed E-state index contributed by atoms with van der Waals surface area (Å²) in [6.07, 6.45) is 5.88. The van der Waals surface area contributed by atoms with E-state index in [1.54, 1.807) is 36.8 Å². The van der Waals surface area contributed by atoms with Crippen LogP contribution in [0.2, 0.25) is 0 Å². The van der Waals surface area contributed by atoms with Crippen LogP contribution < -0.4 is 5.73 Å². The van der Waals surface area contributed by atoms with Gasteiger partial charge < -0.3 is 10.8 Å². The number of carboxylic acids is 1. The summed E-state index contributed by atoms with van der Waals surface area (Å²) in [6.45, 7) is -0.163. The van der Waals surface area contributed by atoms with Gasteiger partial charge in [0, 0.05) is 31.1 Å². The van der Waals surface area contributed by atoms with Gasteiger partial charge in [-0.2, -0.15) is 0 Å². The summed E-state index contributed by atoms with van der Waals surface area (Å²) >= 11 is 0. The van der Waals surface area contributed by atoms with Crippen LogP contribution in [0.3, 0.4) is 0 Å². The summed E-state index contributed by atoms with van der Waals surface area (Å²) in [7, 11) is 0. The van der Waals surface area contributed by atoms with Crippen molar-refractivity contribution in [3.63, 3.8) is 0 Å². The van der Waals surface area contributed by atoms with E-state index in [4.69, 9.17) is 15.6 Å². The Balaban J connectivity index is 0.000000672. The maximum Gasteiger partial charge on any atom is 0.300 e. The van der Waals surface area contributed by atoms with Gasteiger partial charge in [-0.05, 0) is 41.0 Å². The highest BCUT2D eigenvalue weighted by Crippen LogP contribution is 2.43. The molecule has 0 saturated carbocycles. The first-order valence-electron chi connectivity index (χ1n) is 10.5. The van der Waals surface area contributed by atoms with Gasteiger partial charge in [-0.15, -0.1) is 0 Å². The van der Waals surface area contributed by atoms with Crippen LogP contribution in [0, 0.1) is 5.82 Å². The third-order valence-electron chi connectivity index (χ3n) is 5.40. The van der Waals surface area contributed by atoms with Crippen LogP contribution in [-0.2, 0) is 10.3 Å². The molecule has 2 aliphatic rings. The van der Waals surface area contributed by atoms with E-state index in [1.165, 1.54) is 11.0 Å². The molecule has 180 valence electrons. The number of alkyl halides is 2. The average molecular weight is 482 g/mol. The van der Waals surface area contributed by atoms with Crippen LogP contribution in [-0.4, -0.2) is 56.8 Å². The highest BCUT2D eigenvalue weighted by atomic mass is 19.3. The molecule has 3 N–H and O–H groups in total. The molecule has 1 atom stereocenters. The maximum absolute atomic E-state index is 14.1. The lowest BCUT2D eigenvalue weighted by molar-refractivity contribution is -0.134. The standard InChI is InChI=1S/C22H17F3N6.C2H4O2/c23-18-9-15(10-28-11-18)14-2-1-3-17(8-14)22(16-4-6-27-7-5-16)19-29-12-21(24,25)13-31(19)20(26)30-22;1-2(3)4/h1-11H,12-13H2,(H2,26,30);1H3,(H,3,4). The Morgan fingerprint density at radius 1 is 1.06 bits per heavy atom. The quantitative estimate of drug-likeness (QED) is 0.592. The summed E-state index contributed by atoms with van der Waals surface area (Å²) in [5.41, 5.74) is 7.52. The molecule has 5 rings (SSSR count). The lowest BCUT2D eigenvalue weighted by Gasteiger charge is -2.35. The summed E-state index contributed by atoms with van der Waals surface area (Å²) in [5.74, 6) is -4.00. The fraction of sp³-hybridized carbons (Fsp3) is 0.208. The minimum absolute atomic E-state index is 0.0345. The lowest BCUT2D eigenvalue weighted by Crippen LogP contribution is -2.53. The molecule has 35 heavy (non-hydrogen) atoms. The van der Waals surface area contributed by atoms with Gasteiger partial charge in [0.25, 0.3) is 11.9 Å². The molecule has 11 heteroatoms. The summed E-state index contributed by atoms with van der Waals surface area (Å²) < 4.78 is 41.9. The second-order valence-electron chi connectivity index (χ2n) is 7.99. The first-order valence-corrected chi connectivity index (χ1v) is 10.5. The number of halogens is 3. The number of amidine groups is 1. The largest absolute Gasteiger partial charge is 0.481 e. The van der Waals surface area contributed by atoms with Gasteiger partial charge in [-0.1, -0.05) is 18.2 Å². The van der Waals surface area contributed by atoms with Gasteiger partial charge >= 0.3 is 0 Å². The van der Waals surface area contributed by atoms with Crippen LogP contribution >= 0.6 is 0 Å². The first-order chi connectivity index (χ1) is 16.6. The molecule has 1 unspecified atom stereocenters. The van der Waals surface area contributed by atoms with E-state index >= 15 is 0 Å². The van der Waals surface area contributed by atoms with E-state index in [1.807, 2.05) is 18.2 Å². The minimum atomic E-state index is -3.01. The number of nitrogens with two attached hydrogens (primary N) is 1. The van der Waals surface area contributed by atoms with Gasteiger partial charge in [0.05, 0.1) is 12.7 Å². The van der Waals surface area contributed by atoms with Crippen molar-refractivity contribution in [1.29, 1.82) is 0 Å². The number of benzene rings is 1. The highest BCUT2D eigenvalue weighted by Gasteiger charge is 2.53. The Bertz CT molecular complexity index is 1310. The second-order valence-corrected chi connectivity index (χ2v) is 7.99. The van der Waals surface area contributed by atoms with E-state index in [0.29, 0.717) is 28.1 Å². The zero-order chi connectivity index (χ0) is 25.2. The monoisotopic (exact) mass is 482 g/mol. The topological polar surface area (TPSA) is 117 Å². The molecular formula is C24H21F3N6O2. The smallest absolute Gasteiger partial charge is 0.300 e. The van der Waals surface area contributed by atoms with E-state index in [9.17, 15) is 13.2 Å². The van der Waals surface area contributed by atoms with Crippen LogP contribution in [0.15, 0.2) is 77.2 Å². The Morgan fingerprint density at radius 3 is 2.46 bits per heavy atom. The number of aliphatic carboxylic acids is 1. The number of hydrogen-bond acceptors (Lipinski definition) is 7. The van der Waals surface area contributed by atoms with Gasteiger partial charge in [0.15, 0.2) is 11.5 Å². The second kappa shape index (κ2) is 9.16. The normalized spacial score (nSPS) is 20.2. The molecule has 4 heterocycles. The van der Waals surface area contributed by atoms with Crippen molar-refractivity contribution < 1.29 is 23.1 Å². The van der Waals surface area contributed by atoms with E-state index < -0.39 is 36.3 Å². The van der Waals surface area contributed by atoms with Crippen LogP contribution in [0.4, 0.5) is 13.2 Å². The number of carbonyl (C=O) groups is 1. The number of pyridine rings is 2. The van der Waals surface area contributed by atoms with Gasteiger partial charge in [-0.3, -0.25) is 24.7 Å². The molecular weight excluding hydrogens is 461 g/mol. The maximum atomic E-state index is 14.1. The van der Waals surface area contributed by atoms with Crippen molar-refractivity contribution in [3.05, 3.63) is 84.2 Å². The predicted octanol–water partition coefficient (Wildman–Crippen LogP) is 3.29. The zero-order valence-electron chi connectivity index (χ0n) is 18.6.